The molecule has 0 unspecified atom stereocenters. The molecule has 2 aliphatic rings. The Labute approximate surface area is 145 Å². The van der Waals surface area contributed by atoms with Gasteiger partial charge in [0.15, 0.2) is 0 Å². The van der Waals surface area contributed by atoms with Crippen LogP contribution in [0.1, 0.15) is 29.5 Å². The number of allylic oxidation sites excluding steroid dienone is 2. The van der Waals surface area contributed by atoms with E-state index in [0.29, 0.717) is 5.69 Å². The topological polar surface area (TPSA) is 12.0 Å². The van der Waals surface area contributed by atoms with E-state index in [4.69, 9.17) is 0 Å². The largest absolute Gasteiger partial charge is 0.375 e. The Kier molecular flexibility index (Phi) is 3.17. The average Bonchev–Trinajstić information content (AvgIpc) is 3.11. The van der Waals surface area contributed by atoms with Crippen LogP contribution in [0.15, 0.2) is 66.7 Å². The first-order valence-corrected chi connectivity index (χ1v) is 8.62. The lowest BCUT2D eigenvalue weighted by Crippen LogP contribution is -2.30. The zero-order valence-corrected chi connectivity index (χ0v) is 13.5. The molecule has 0 saturated heterocycles. The monoisotopic (exact) mass is 333 g/mol. The van der Waals surface area contributed by atoms with E-state index >= 15 is 0 Å². The fourth-order valence-electron chi connectivity index (χ4n) is 4.45. The van der Waals surface area contributed by atoms with Crippen molar-refractivity contribution in [3.8, 4) is 0 Å². The summed E-state index contributed by atoms with van der Waals surface area (Å²) in [4.78, 5) is 0. The summed E-state index contributed by atoms with van der Waals surface area (Å²) in [5.74, 6) is -0.718. The molecule has 1 heterocycles. The van der Waals surface area contributed by atoms with E-state index in [2.05, 4.69) is 41.7 Å². The van der Waals surface area contributed by atoms with E-state index in [-0.39, 0.29) is 17.9 Å². The maximum atomic E-state index is 14.5. The van der Waals surface area contributed by atoms with Gasteiger partial charge in [-0.1, -0.05) is 54.6 Å². The van der Waals surface area contributed by atoms with Crippen LogP contribution in [0.5, 0.6) is 0 Å². The SMILES string of the molecule is Fc1cc(F)c2c(c1)[C@@H]1C=CC[C@H]1[C@H](c1cccc3ccccc13)N2. The highest BCUT2D eigenvalue weighted by atomic mass is 19.1. The van der Waals surface area contributed by atoms with Gasteiger partial charge in [0.05, 0.1) is 11.7 Å². The summed E-state index contributed by atoms with van der Waals surface area (Å²) in [7, 11) is 0. The standard InChI is InChI=1S/C22H17F2N/c23-14-11-19-16-8-4-10-18(16)21(25-22(19)20(24)12-14)17-9-3-6-13-5-1-2-7-15(13)17/h1-9,11-12,16,18,21,25H,10H2/t16-,18-,21+/m1/s1. The van der Waals surface area contributed by atoms with Gasteiger partial charge in [-0.2, -0.15) is 0 Å². The van der Waals surface area contributed by atoms with Crippen LogP contribution in [-0.2, 0) is 0 Å². The zero-order valence-electron chi connectivity index (χ0n) is 13.5. The van der Waals surface area contributed by atoms with Crippen LogP contribution < -0.4 is 5.32 Å². The number of halogens is 2. The quantitative estimate of drug-likeness (QED) is 0.543. The highest BCUT2D eigenvalue weighted by molar-refractivity contribution is 5.86. The van der Waals surface area contributed by atoms with Crippen molar-refractivity contribution in [2.24, 2.45) is 5.92 Å². The van der Waals surface area contributed by atoms with Crippen molar-refractivity contribution < 1.29 is 8.78 Å². The third-order valence-electron chi connectivity index (χ3n) is 5.54. The number of anilines is 1. The molecule has 1 aliphatic carbocycles. The summed E-state index contributed by atoms with van der Waals surface area (Å²) < 4.78 is 28.2. The molecule has 0 aromatic heterocycles. The first kappa shape index (κ1) is 14.6. The molecule has 0 amide bonds. The second-order valence-corrected chi connectivity index (χ2v) is 6.90. The van der Waals surface area contributed by atoms with Crippen LogP contribution in [-0.4, -0.2) is 0 Å². The Morgan fingerprint density at radius 3 is 2.68 bits per heavy atom. The fraction of sp³-hybridized carbons (Fsp3) is 0.182. The number of benzene rings is 3. The van der Waals surface area contributed by atoms with Crippen molar-refractivity contribution in [3.63, 3.8) is 0 Å². The fourth-order valence-corrected chi connectivity index (χ4v) is 4.45. The summed E-state index contributed by atoms with van der Waals surface area (Å²) in [5, 5.41) is 5.75. The molecule has 5 rings (SSSR count). The first-order valence-electron chi connectivity index (χ1n) is 8.62. The molecule has 1 aliphatic heterocycles. The highest BCUT2D eigenvalue weighted by Gasteiger charge is 2.39. The van der Waals surface area contributed by atoms with Gasteiger partial charge in [0.25, 0.3) is 0 Å². The van der Waals surface area contributed by atoms with Gasteiger partial charge in [0, 0.05) is 12.0 Å². The summed E-state index contributed by atoms with van der Waals surface area (Å²) >= 11 is 0. The van der Waals surface area contributed by atoms with E-state index in [1.54, 1.807) is 0 Å². The van der Waals surface area contributed by atoms with Gasteiger partial charge in [-0.15, -0.1) is 0 Å². The number of rotatable bonds is 1. The smallest absolute Gasteiger partial charge is 0.149 e. The lowest BCUT2D eigenvalue weighted by atomic mass is 9.76. The van der Waals surface area contributed by atoms with Crippen molar-refractivity contribution in [1.82, 2.24) is 0 Å². The van der Waals surface area contributed by atoms with Gasteiger partial charge in [0.1, 0.15) is 11.6 Å². The Morgan fingerprint density at radius 1 is 0.920 bits per heavy atom. The van der Waals surface area contributed by atoms with Gasteiger partial charge in [-0.3, -0.25) is 0 Å². The Bertz CT molecular complexity index is 1000. The van der Waals surface area contributed by atoms with E-state index in [1.165, 1.54) is 22.4 Å². The minimum atomic E-state index is -0.515. The summed E-state index contributed by atoms with van der Waals surface area (Å²) in [5.41, 5.74) is 2.34. The second-order valence-electron chi connectivity index (χ2n) is 6.90. The molecule has 0 radical (unpaired) electrons. The van der Waals surface area contributed by atoms with E-state index < -0.39 is 11.6 Å². The third-order valence-corrected chi connectivity index (χ3v) is 5.54. The maximum absolute atomic E-state index is 14.5. The van der Waals surface area contributed by atoms with E-state index in [0.717, 1.165) is 18.1 Å². The average molecular weight is 333 g/mol. The molecule has 1 nitrogen and oxygen atoms in total. The molecule has 0 saturated carbocycles. The third kappa shape index (κ3) is 2.19. The van der Waals surface area contributed by atoms with Crippen molar-refractivity contribution in [3.05, 3.63) is 89.5 Å². The van der Waals surface area contributed by atoms with Crippen LogP contribution in [0, 0.1) is 17.6 Å². The molecule has 0 spiro atoms. The van der Waals surface area contributed by atoms with Crippen LogP contribution in [0.3, 0.4) is 0 Å². The number of hydrogen-bond acceptors (Lipinski definition) is 1. The Balaban J connectivity index is 1.70. The van der Waals surface area contributed by atoms with Crippen LogP contribution in [0.4, 0.5) is 14.5 Å². The van der Waals surface area contributed by atoms with Crippen molar-refractivity contribution in [1.29, 1.82) is 0 Å². The molecular weight excluding hydrogens is 316 g/mol. The van der Waals surface area contributed by atoms with E-state index in [9.17, 15) is 8.78 Å². The lowest BCUT2D eigenvalue weighted by molar-refractivity contribution is 0.420. The van der Waals surface area contributed by atoms with Crippen molar-refractivity contribution in [2.75, 3.05) is 5.32 Å². The molecular formula is C22H17F2N. The molecule has 0 fully saturated rings. The van der Waals surface area contributed by atoms with Gasteiger partial charge in [-0.05, 0) is 40.3 Å². The molecule has 25 heavy (non-hydrogen) atoms. The molecule has 124 valence electrons. The summed E-state index contributed by atoms with van der Waals surface area (Å²) in [6.07, 6.45) is 5.14. The van der Waals surface area contributed by atoms with Crippen LogP contribution in [0.2, 0.25) is 0 Å². The zero-order chi connectivity index (χ0) is 17.0. The molecule has 3 atom stereocenters. The van der Waals surface area contributed by atoms with E-state index in [1.807, 2.05) is 18.2 Å². The van der Waals surface area contributed by atoms with Crippen molar-refractivity contribution in [2.45, 2.75) is 18.4 Å². The Morgan fingerprint density at radius 2 is 1.76 bits per heavy atom. The first-order chi connectivity index (χ1) is 12.2. The van der Waals surface area contributed by atoms with Gasteiger partial charge in [0.2, 0.25) is 0 Å². The summed E-state index contributed by atoms with van der Waals surface area (Å²) in [6.45, 7) is 0. The van der Waals surface area contributed by atoms with Crippen molar-refractivity contribution >= 4 is 16.5 Å². The van der Waals surface area contributed by atoms with Gasteiger partial charge in [-0.25, -0.2) is 8.78 Å². The maximum Gasteiger partial charge on any atom is 0.149 e. The minimum Gasteiger partial charge on any atom is -0.375 e. The molecule has 0 bridgehead atoms. The number of fused-ring (bicyclic) bond motifs is 4. The minimum absolute atomic E-state index is 0.00133. The second kappa shape index (κ2) is 5.41. The van der Waals surface area contributed by atoms with Crippen LogP contribution in [0.25, 0.3) is 10.8 Å². The molecule has 1 N–H and O–H groups in total. The number of nitrogens with one attached hydrogen (secondary N) is 1. The lowest BCUT2D eigenvalue weighted by Gasteiger charge is -2.38. The molecule has 3 heteroatoms. The Hall–Kier alpha value is -2.68. The van der Waals surface area contributed by atoms with Crippen LogP contribution >= 0.6 is 0 Å². The molecule has 3 aromatic carbocycles. The predicted octanol–water partition coefficient (Wildman–Crippen LogP) is 5.94. The highest BCUT2D eigenvalue weighted by Crippen LogP contribution is 2.51. The van der Waals surface area contributed by atoms with Gasteiger partial charge >= 0.3 is 0 Å². The number of hydrogen-bond donors (Lipinski definition) is 1. The molecule has 3 aromatic rings. The van der Waals surface area contributed by atoms with Gasteiger partial charge < -0.3 is 5.32 Å². The normalized spacial score (nSPS) is 24.0. The summed E-state index contributed by atoms with van der Waals surface area (Å²) in [6, 6.07) is 16.9. The predicted molar refractivity (Wildman–Crippen MR) is 96.7 cm³/mol.